The van der Waals surface area contributed by atoms with E-state index >= 15 is 0 Å². The third kappa shape index (κ3) is 4.37. The van der Waals surface area contributed by atoms with Crippen LogP contribution in [0.25, 0.3) is 0 Å². The lowest BCUT2D eigenvalue weighted by molar-refractivity contribution is -0.159. The number of piperazine rings is 1. The first-order valence-corrected chi connectivity index (χ1v) is 9.15. The Morgan fingerprint density at radius 3 is 2.30 bits per heavy atom. The van der Waals surface area contributed by atoms with Crippen LogP contribution in [0, 0.1) is 5.82 Å². The summed E-state index contributed by atoms with van der Waals surface area (Å²) in [7, 11) is 1.57. The SMILES string of the molecule is COC1(C(=O)N2CCN(C(=O)c3c(F)cccc3Cl)CC2)CCNCC1.Cl. The number of methoxy groups -OCH3 is 1. The van der Waals surface area contributed by atoms with E-state index in [1.807, 2.05) is 0 Å². The molecule has 0 bridgehead atoms. The Labute approximate surface area is 169 Å². The number of rotatable bonds is 3. The van der Waals surface area contributed by atoms with Gasteiger partial charge in [0.25, 0.3) is 11.8 Å². The second-order valence-electron chi connectivity index (χ2n) is 6.63. The van der Waals surface area contributed by atoms with E-state index in [9.17, 15) is 14.0 Å². The summed E-state index contributed by atoms with van der Waals surface area (Å²) in [4.78, 5) is 28.8. The first-order valence-electron chi connectivity index (χ1n) is 8.77. The van der Waals surface area contributed by atoms with E-state index in [-0.39, 0.29) is 28.9 Å². The van der Waals surface area contributed by atoms with Crippen molar-refractivity contribution >= 4 is 35.8 Å². The first kappa shape index (κ1) is 21.9. The monoisotopic (exact) mass is 419 g/mol. The number of nitrogens with one attached hydrogen (secondary N) is 1. The lowest BCUT2D eigenvalue weighted by atomic mass is 9.90. The van der Waals surface area contributed by atoms with Gasteiger partial charge in [0.1, 0.15) is 11.4 Å². The zero-order valence-electron chi connectivity index (χ0n) is 15.2. The van der Waals surface area contributed by atoms with Crippen LogP contribution in [-0.4, -0.2) is 73.6 Å². The minimum absolute atomic E-state index is 0. The van der Waals surface area contributed by atoms with Crippen molar-refractivity contribution in [2.24, 2.45) is 0 Å². The third-order valence-electron chi connectivity index (χ3n) is 5.22. The highest BCUT2D eigenvalue weighted by molar-refractivity contribution is 6.33. The fraction of sp³-hybridized carbons (Fsp3) is 0.556. The average molecular weight is 420 g/mol. The van der Waals surface area contributed by atoms with Crippen LogP contribution in [-0.2, 0) is 9.53 Å². The van der Waals surface area contributed by atoms with Crippen molar-refractivity contribution in [1.29, 1.82) is 0 Å². The van der Waals surface area contributed by atoms with Gasteiger partial charge < -0.3 is 19.9 Å². The summed E-state index contributed by atoms with van der Waals surface area (Å²) in [6, 6.07) is 4.18. The minimum atomic E-state index is -0.785. The molecule has 2 fully saturated rings. The molecule has 27 heavy (non-hydrogen) atoms. The molecule has 0 aliphatic carbocycles. The predicted molar refractivity (Wildman–Crippen MR) is 103 cm³/mol. The third-order valence-corrected chi connectivity index (χ3v) is 5.54. The van der Waals surface area contributed by atoms with Crippen LogP contribution in [0.5, 0.6) is 0 Å². The maximum Gasteiger partial charge on any atom is 0.258 e. The lowest BCUT2D eigenvalue weighted by Gasteiger charge is -2.42. The van der Waals surface area contributed by atoms with Crippen molar-refractivity contribution in [2.75, 3.05) is 46.4 Å². The molecule has 1 aromatic carbocycles. The van der Waals surface area contributed by atoms with E-state index in [1.165, 1.54) is 23.1 Å². The smallest absolute Gasteiger partial charge is 0.258 e. The van der Waals surface area contributed by atoms with Crippen molar-refractivity contribution in [3.8, 4) is 0 Å². The van der Waals surface area contributed by atoms with Crippen molar-refractivity contribution in [2.45, 2.75) is 18.4 Å². The lowest BCUT2D eigenvalue weighted by Crippen LogP contribution is -2.59. The zero-order chi connectivity index (χ0) is 18.7. The molecule has 2 aliphatic rings. The molecule has 0 saturated carbocycles. The molecule has 0 radical (unpaired) electrons. The summed E-state index contributed by atoms with van der Waals surface area (Å²) in [5.74, 6) is -1.10. The van der Waals surface area contributed by atoms with Gasteiger partial charge in [-0.15, -0.1) is 12.4 Å². The van der Waals surface area contributed by atoms with E-state index in [0.717, 1.165) is 13.1 Å². The van der Waals surface area contributed by atoms with Gasteiger partial charge in [0.05, 0.1) is 10.6 Å². The fourth-order valence-corrected chi connectivity index (χ4v) is 3.84. The Kier molecular flexibility index (Phi) is 7.45. The van der Waals surface area contributed by atoms with Gasteiger partial charge in [-0.25, -0.2) is 4.39 Å². The molecule has 2 aliphatic heterocycles. The summed E-state index contributed by atoms with van der Waals surface area (Å²) in [6.07, 6.45) is 1.26. The Balaban J connectivity index is 0.00000261. The first-order chi connectivity index (χ1) is 12.5. The van der Waals surface area contributed by atoms with Gasteiger partial charge in [-0.1, -0.05) is 17.7 Å². The second kappa shape index (κ2) is 9.19. The summed E-state index contributed by atoms with van der Waals surface area (Å²) in [6.45, 7) is 2.96. The summed E-state index contributed by atoms with van der Waals surface area (Å²) >= 11 is 5.99. The fourth-order valence-electron chi connectivity index (χ4n) is 3.60. The molecular weight excluding hydrogens is 396 g/mol. The normalized spacial score (nSPS) is 19.4. The van der Waals surface area contributed by atoms with Gasteiger partial charge in [0.2, 0.25) is 0 Å². The van der Waals surface area contributed by atoms with E-state index in [4.69, 9.17) is 16.3 Å². The minimum Gasteiger partial charge on any atom is -0.368 e. The maximum atomic E-state index is 14.0. The number of piperidine rings is 1. The number of nitrogens with zero attached hydrogens (tertiary/aromatic N) is 2. The number of benzene rings is 1. The molecular formula is C18H24Cl2FN3O3. The Morgan fingerprint density at radius 1 is 1.15 bits per heavy atom. The van der Waals surface area contributed by atoms with Crippen molar-refractivity contribution in [3.05, 3.63) is 34.6 Å². The summed E-state index contributed by atoms with van der Waals surface area (Å²) in [5, 5.41) is 3.33. The molecule has 150 valence electrons. The quantitative estimate of drug-likeness (QED) is 0.812. The molecule has 1 N–H and O–H groups in total. The average Bonchev–Trinajstić information content (AvgIpc) is 2.68. The van der Waals surface area contributed by atoms with Crippen LogP contribution < -0.4 is 5.32 Å². The molecule has 6 nitrogen and oxygen atoms in total. The highest BCUT2D eigenvalue weighted by Gasteiger charge is 2.43. The molecule has 1 aromatic rings. The topological polar surface area (TPSA) is 61.9 Å². The molecule has 0 atom stereocenters. The van der Waals surface area contributed by atoms with E-state index in [1.54, 1.807) is 12.0 Å². The number of hydrogen-bond acceptors (Lipinski definition) is 4. The molecule has 0 unspecified atom stereocenters. The molecule has 2 amide bonds. The maximum absolute atomic E-state index is 14.0. The van der Waals surface area contributed by atoms with Crippen molar-refractivity contribution < 1.29 is 18.7 Å². The van der Waals surface area contributed by atoms with Gasteiger partial charge in [-0.3, -0.25) is 9.59 Å². The predicted octanol–water partition coefficient (Wildman–Crippen LogP) is 1.95. The van der Waals surface area contributed by atoms with Gasteiger partial charge in [0.15, 0.2) is 0 Å². The molecule has 2 saturated heterocycles. The van der Waals surface area contributed by atoms with Crippen molar-refractivity contribution in [1.82, 2.24) is 15.1 Å². The Hall–Kier alpha value is -1.41. The Morgan fingerprint density at radius 2 is 1.74 bits per heavy atom. The molecule has 0 spiro atoms. The van der Waals surface area contributed by atoms with E-state index in [0.29, 0.717) is 39.0 Å². The zero-order valence-corrected chi connectivity index (χ0v) is 16.7. The van der Waals surface area contributed by atoms with Crippen LogP contribution in [0.2, 0.25) is 5.02 Å². The highest BCUT2D eigenvalue weighted by atomic mass is 35.5. The van der Waals surface area contributed by atoms with Gasteiger partial charge in [0, 0.05) is 33.3 Å². The van der Waals surface area contributed by atoms with Crippen LogP contribution in [0.1, 0.15) is 23.2 Å². The second-order valence-corrected chi connectivity index (χ2v) is 7.04. The molecule has 9 heteroatoms. The van der Waals surface area contributed by atoms with Crippen LogP contribution >= 0.6 is 24.0 Å². The van der Waals surface area contributed by atoms with Crippen LogP contribution in [0.3, 0.4) is 0 Å². The van der Waals surface area contributed by atoms with E-state index in [2.05, 4.69) is 5.32 Å². The number of halogens is 3. The number of amides is 2. The van der Waals surface area contributed by atoms with Crippen LogP contribution in [0.4, 0.5) is 4.39 Å². The number of hydrogen-bond donors (Lipinski definition) is 1. The molecule has 3 rings (SSSR count). The van der Waals surface area contributed by atoms with Crippen LogP contribution in [0.15, 0.2) is 18.2 Å². The Bertz CT molecular complexity index is 670. The number of carbonyl (C=O) groups excluding carboxylic acids is 2. The largest absolute Gasteiger partial charge is 0.368 e. The summed E-state index contributed by atoms with van der Waals surface area (Å²) in [5.41, 5.74) is -0.896. The van der Waals surface area contributed by atoms with Gasteiger partial charge in [-0.2, -0.15) is 0 Å². The summed E-state index contributed by atoms with van der Waals surface area (Å²) < 4.78 is 19.6. The highest BCUT2D eigenvalue weighted by Crippen LogP contribution is 2.26. The molecule has 2 heterocycles. The van der Waals surface area contributed by atoms with Gasteiger partial charge in [-0.05, 0) is 38.1 Å². The number of ether oxygens (including phenoxy) is 1. The van der Waals surface area contributed by atoms with Crippen molar-refractivity contribution in [3.63, 3.8) is 0 Å². The van der Waals surface area contributed by atoms with Gasteiger partial charge >= 0.3 is 0 Å². The van der Waals surface area contributed by atoms with E-state index < -0.39 is 17.3 Å². The molecule has 0 aromatic heterocycles. The number of carbonyl (C=O) groups is 2. The standard InChI is InChI=1S/C18H23ClFN3O3.ClH/c1-26-18(5-7-21-8-6-18)17(25)23-11-9-22(10-12-23)16(24)15-13(19)3-2-4-14(15)20;/h2-4,21H,5-12H2,1H3;1H.